The van der Waals surface area contributed by atoms with E-state index in [9.17, 15) is 9.59 Å². The normalized spacial score (nSPS) is 10.3. The molecule has 0 bridgehead atoms. The molecular weight excluding hydrogens is 578 g/mol. The predicted molar refractivity (Wildman–Crippen MR) is 158 cm³/mol. The third-order valence-electron chi connectivity index (χ3n) is 5.56. The van der Waals surface area contributed by atoms with E-state index in [0.29, 0.717) is 28.1 Å². The maximum Gasteiger partial charge on any atom is 0.276 e. The van der Waals surface area contributed by atoms with Crippen LogP contribution in [0.4, 0.5) is 0 Å². The average molecular weight is 605 g/mol. The number of benzene rings is 4. The fraction of sp³-hybridized carbons (Fsp3) is 0.100. The number of halogens is 1. The topological polar surface area (TPSA) is 88.7 Å². The second-order valence-corrected chi connectivity index (χ2v) is 9.60. The Hall–Kier alpha value is -4.21. The van der Waals surface area contributed by atoms with Gasteiger partial charge in [0.15, 0.2) is 11.7 Å². The number of para-hydroxylation sites is 1. The number of carbonyl (C=O) groups excluding carboxylic acids is 2. The minimum absolute atomic E-state index is 0.0580. The third-order valence-corrected chi connectivity index (χ3v) is 6.38. The summed E-state index contributed by atoms with van der Waals surface area (Å²) in [4.78, 5) is 24.9. The quantitative estimate of drug-likeness (QED) is 0.174. The molecule has 0 spiro atoms. The third kappa shape index (κ3) is 8.39. The molecule has 0 unspecified atom stereocenters. The first-order chi connectivity index (χ1) is 19.0. The molecule has 39 heavy (non-hydrogen) atoms. The minimum Gasteiger partial charge on any atom is -0.492 e. The molecule has 0 aliphatic carbocycles. The van der Waals surface area contributed by atoms with E-state index < -0.39 is 11.8 Å². The lowest BCUT2D eigenvalue weighted by Crippen LogP contribution is -2.49. The van der Waals surface area contributed by atoms with Crippen molar-refractivity contribution in [2.75, 3.05) is 13.2 Å². The summed E-state index contributed by atoms with van der Waals surface area (Å²) in [5, 5.41) is 2.47. The Labute approximate surface area is 240 Å². The SMILES string of the molecule is O=C(COc1ccccc1-c1ccccc1)NNC(=S)NC(=O)c1ccc(OCCc2ccccc2)c(Br)c1. The Bertz CT molecular complexity index is 1430. The first-order valence-electron chi connectivity index (χ1n) is 12.1. The zero-order valence-corrected chi connectivity index (χ0v) is 23.3. The first kappa shape index (κ1) is 27.8. The van der Waals surface area contributed by atoms with Crippen LogP contribution >= 0.6 is 28.1 Å². The average Bonchev–Trinajstić information content (AvgIpc) is 2.97. The second kappa shape index (κ2) is 14.1. The van der Waals surface area contributed by atoms with E-state index in [1.54, 1.807) is 24.3 Å². The molecule has 0 radical (unpaired) electrons. The molecule has 0 heterocycles. The summed E-state index contributed by atoms with van der Waals surface area (Å²) in [6, 6.07) is 32.2. The highest BCUT2D eigenvalue weighted by atomic mass is 79.9. The van der Waals surface area contributed by atoms with Crippen LogP contribution in [-0.4, -0.2) is 30.1 Å². The Balaban J connectivity index is 1.21. The van der Waals surface area contributed by atoms with Gasteiger partial charge in [-0.3, -0.25) is 25.8 Å². The van der Waals surface area contributed by atoms with Crippen LogP contribution in [0.5, 0.6) is 11.5 Å². The molecule has 0 saturated heterocycles. The van der Waals surface area contributed by atoms with Crippen molar-refractivity contribution in [2.24, 2.45) is 0 Å². The number of amides is 2. The van der Waals surface area contributed by atoms with Gasteiger partial charge in [0.25, 0.3) is 11.8 Å². The van der Waals surface area contributed by atoms with Gasteiger partial charge in [0.1, 0.15) is 11.5 Å². The molecule has 9 heteroatoms. The van der Waals surface area contributed by atoms with E-state index >= 15 is 0 Å². The van der Waals surface area contributed by atoms with Gasteiger partial charge in [-0.05, 0) is 63.5 Å². The van der Waals surface area contributed by atoms with Crippen LogP contribution in [0, 0.1) is 0 Å². The van der Waals surface area contributed by atoms with Crippen LogP contribution in [0.3, 0.4) is 0 Å². The molecule has 4 aromatic rings. The highest BCUT2D eigenvalue weighted by Gasteiger charge is 2.12. The molecule has 0 aliphatic heterocycles. The lowest BCUT2D eigenvalue weighted by atomic mass is 10.1. The summed E-state index contributed by atoms with van der Waals surface area (Å²) in [7, 11) is 0. The standard InChI is InChI=1S/C30H26BrN3O4S/c31-25-19-23(15-16-27(25)37-18-17-21-9-3-1-4-10-21)29(36)32-30(39)34-33-28(35)20-38-26-14-8-7-13-24(26)22-11-5-2-6-12-22/h1-16,19H,17-18,20H2,(H,33,35)(H2,32,34,36,39). The molecule has 3 N–H and O–H groups in total. The number of nitrogens with one attached hydrogen (secondary N) is 3. The van der Waals surface area contributed by atoms with Crippen LogP contribution in [0.1, 0.15) is 15.9 Å². The fourth-order valence-electron chi connectivity index (χ4n) is 3.64. The summed E-state index contributed by atoms with van der Waals surface area (Å²) in [5.74, 6) is 0.303. The number of ether oxygens (including phenoxy) is 2. The Morgan fingerprint density at radius 3 is 2.21 bits per heavy atom. The van der Waals surface area contributed by atoms with Gasteiger partial charge in [0.05, 0.1) is 11.1 Å². The molecule has 198 valence electrons. The van der Waals surface area contributed by atoms with Crippen LogP contribution in [0.15, 0.2) is 108 Å². The molecule has 0 saturated carbocycles. The molecule has 2 amide bonds. The zero-order valence-electron chi connectivity index (χ0n) is 20.9. The van der Waals surface area contributed by atoms with Gasteiger partial charge in [-0.15, -0.1) is 0 Å². The van der Waals surface area contributed by atoms with Crippen molar-refractivity contribution in [3.8, 4) is 22.6 Å². The molecule has 0 aliphatic rings. The predicted octanol–water partition coefficient (Wildman–Crippen LogP) is 5.45. The lowest BCUT2D eigenvalue weighted by molar-refractivity contribution is -0.123. The highest BCUT2D eigenvalue weighted by Crippen LogP contribution is 2.29. The molecule has 4 aromatic carbocycles. The molecule has 4 rings (SSSR count). The Morgan fingerprint density at radius 1 is 0.769 bits per heavy atom. The van der Waals surface area contributed by atoms with E-state index in [4.69, 9.17) is 21.7 Å². The van der Waals surface area contributed by atoms with Gasteiger partial charge in [-0.1, -0.05) is 78.9 Å². The molecule has 0 aromatic heterocycles. The van der Waals surface area contributed by atoms with E-state index in [1.165, 1.54) is 5.56 Å². The van der Waals surface area contributed by atoms with Gasteiger partial charge in [-0.2, -0.15) is 0 Å². The van der Waals surface area contributed by atoms with Gasteiger partial charge in [0.2, 0.25) is 0 Å². The maximum absolute atomic E-state index is 12.6. The van der Waals surface area contributed by atoms with Crippen molar-refractivity contribution in [1.82, 2.24) is 16.2 Å². The van der Waals surface area contributed by atoms with E-state index in [0.717, 1.165) is 17.5 Å². The van der Waals surface area contributed by atoms with Crippen molar-refractivity contribution in [3.63, 3.8) is 0 Å². The van der Waals surface area contributed by atoms with Gasteiger partial charge in [0, 0.05) is 17.5 Å². The number of carbonyl (C=O) groups is 2. The highest BCUT2D eigenvalue weighted by molar-refractivity contribution is 9.10. The van der Waals surface area contributed by atoms with E-state index in [1.807, 2.05) is 78.9 Å². The number of hydrogen-bond donors (Lipinski definition) is 3. The smallest absolute Gasteiger partial charge is 0.276 e. The first-order valence-corrected chi connectivity index (χ1v) is 13.3. The van der Waals surface area contributed by atoms with Crippen LogP contribution in [0.2, 0.25) is 0 Å². The lowest BCUT2D eigenvalue weighted by Gasteiger charge is -2.14. The summed E-state index contributed by atoms with van der Waals surface area (Å²) in [6.07, 6.45) is 0.770. The summed E-state index contributed by atoms with van der Waals surface area (Å²) >= 11 is 8.59. The molecule has 0 atom stereocenters. The summed E-state index contributed by atoms with van der Waals surface area (Å²) < 4.78 is 12.2. The zero-order chi connectivity index (χ0) is 27.5. The van der Waals surface area contributed by atoms with Crippen LogP contribution in [-0.2, 0) is 11.2 Å². The molecule has 7 nitrogen and oxygen atoms in total. The van der Waals surface area contributed by atoms with E-state index in [2.05, 4.69) is 32.1 Å². The van der Waals surface area contributed by atoms with Crippen molar-refractivity contribution in [1.29, 1.82) is 0 Å². The van der Waals surface area contributed by atoms with Crippen LogP contribution in [0.25, 0.3) is 11.1 Å². The Morgan fingerprint density at radius 2 is 1.46 bits per heavy atom. The fourth-order valence-corrected chi connectivity index (χ4v) is 4.28. The number of thiocarbonyl (C=S) groups is 1. The van der Waals surface area contributed by atoms with Crippen molar-refractivity contribution in [3.05, 3.63) is 119 Å². The molecule has 0 fully saturated rings. The van der Waals surface area contributed by atoms with Crippen molar-refractivity contribution < 1.29 is 19.1 Å². The minimum atomic E-state index is -0.464. The number of hydrazine groups is 1. The van der Waals surface area contributed by atoms with Gasteiger partial charge >= 0.3 is 0 Å². The number of rotatable bonds is 9. The van der Waals surface area contributed by atoms with Gasteiger partial charge in [-0.25, -0.2) is 0 Å². The summed E-state index contributed by atoms with van der Waals surface area (Å²) in [6.45, 7) is 0.259. The van der Waals surface area contributed by atoms with Crippen molar-refractivity contribution in [2.45, 2.75) is 6.42 Å². The van der Waals surface area contributed by atoms with Gasteiger partial charge < -0.3 is 9.47 Å². The summed E-state index contributed by atoms with van der Waals surface area (Å²) in [5.41, 5.74) is 8.35. The second-order valence-electron chi connectivity index (χ2n) is 8.34. The largest absolute Gasteiger partial charge is 0.492 e. The van der Waals surface area contributed by atoms with Crippen LogP contribution < -0.4 is 25.6 Å². The monoisotopic (exact) mass is 603 g/mol. The van der Waals surface area contributed by atoms with E-state index in [-0.39, 0.29) is 11.7 Å². The maximum atomic E-state index is 12.6. The molecular formula is C30H26BrN3O4S. The van der Waals surface area contributed by atoms with Crippen molar-refractivity contribution >= 4 is 45.1 Å². The number of hydrogen-bond acceptors (Lipinski definition) is 5. The Kier molecular flexibility index (Phi) is 10.0.